The number of carbonyl (C=O) groups excluding carboxylic acids is 1. The molecule has 0 radical (unpaired) electrons. The van der Waals surface area contributed by atoms with Gasteiger partial charge in [0.2, 0.25) is 0 Å². The second-order valence-electron chi connectivity index (χ2n) is 5.43. The molecule has 0 saturated carbocycles. The fourth-order valence-corrected chi connectivity index (χ4v) is 2.23. The van der Waals surface area contributed by atoms with Crippen LogP contribution < -0.4 is 0 Å². The fraction of sp³-hybridized carbons (Fsp3) is 0.476. The first-order valence-corrected chi connectivity index (χ1v) is 9.09. The number of hydrogen-bond donors (Lipinski definition) is 0. The average Bonchev–Trinajstić information content (AvgIpc) is 3.14. The van der Waals surface area contributed by atoms with Crippen LogP contribution in [0.4, 0.5) is 0 Å². The Balaban J connectivity index is 0.00000151. The molecule has 0 aliphatic carbocycles. The number of carbonyl (C=O) groups is 1. The Labute approximate surface area is 151 Å². The van der Waals surface area contributed by atoms with Gasteiger partial charge in [0.15, 0.2) is 12.0 Å². The van der Waals surface area contributed by atoms with Gasteiger partial charge in [0.25, 0.3) is 0 Å². The van der Waals surface area contributed by atoms with E-state index in [-0.39, 0.29) is 6.10 Å². The Morgan fingerprint density at radius 1 is 1.12 bits per heavy atom. The van der Waals surface area contributed by atoms with Crippen molar-refractivity contribution in [2.24, 2.45) is 0 Å². The predicted molar refractivity (Wildman–Crippen MR) is 99.9 cm³/mol. The highest BCUT2D eigenvalue weighted by atomic mass is 16.5. The summed E-state index contributed by atoms with van der Waals surface area (Å²) < 4.78 is 16.9. The van der Waals surface area contributed by atoms with Crippen LogP contribution in [0.3, 0.4) is 0 Å². The molecule has 1 heterocycles. The van der Waals surface area contributed by atoms with E-state index in [4.69, 9.17) is 13.9 Å². The second-order valence-corrected chi connectivity index (χ2v) is 5.43. The summed E-state index contributed by atoms with van der Waals surface area (Å²) in [5.41, 5.74) is 1.18. The summed E-state index contributed by atoms with van der Waals surface area (Å²) in [6.45, 7) is 7.97. The van der Waals surface area contributed by atoms with Crippen LogP contribution in [0, 0.1) is 0 Å². The molecular weight excluding hydrogens is 316 g/mol. The third-order valence-corrected chi connectivity index (χ3v) is 3.60. The van der Waals surface area contributed by atoms with Gasteiger partial charge in [-0.25, -0.2) is 0 Å². The van der Waals surface area contributed by atoms with Gasteiger partial charge in [0.1, 0.15) is 5.76 Å². The van der Waals surface area contributed by atoms with Crippen LogP contribution in [-0.4, -0.2) is 25.6 Å². The van der Waals surface area contributed by atoms with Crippen molar-refractivity contribution >= 4 is 6.29 Å². The zero-order valence-corrected chi connectivity index (χ0v) is 15.6. The topological polar surface area (TPSA) is 48.7 Å². The Morgan fingerprint density at radius 3 is 2.52 bits per heavy atom. The summed E-state index contributed by atoms with van der Waals surface area (Å²) in [5.74, 6) is 1.20. The number of furan rings is 1. The first-order valence-electron chi connectivity index (χ1n) is 9.09. The molecule has 138 valence electrons. The van der Waals surface area contributed by atoms with Crippen molar-refractivity contribution in [3.63, 3.8) is 0 Å². The van der Waals surface area contributed by atoms with Crippen LogP contribution in [0.15, 0.2) is 46.9 Å². The molecule has 0 aliphatic heterocycles. The van der Waals surface area contributed by atoms with E-state index in [9.17, 15) is 4.79 Å². The minimum atomic E-state index is 0.112. The van der Waals surface area contributed by atoms with E-state index in [1.807, 2.05) is 38.1 Å². The minimum absolute atomic E-state index is 0.112. The number of ether oxygens (including phenoxy) is 2. The maximum absolute atomic E-state index is 10.5. The highest BCUT2D eigenvalue weighted by molar-refractivity contribution is 5.70. The van der Waals surface area contributed by atoms with Crippen molar-refractivity contribution in [2.75, 3.05) is 13.2 Å². The van der Waals surface area contributed by atoms with Crippen LogP contribution in [0.5, 0.6) is 0 Å². The van der Waals surface area contributed by atoms with Gasteiger partial charge in [-0.2, -0.15) is 0 Å². The normalized spacial score (nSPS) is 11.5. The summed E-state index contributed by atoms with van der Waals surface area (Å²) in [7, 11) is 0. The number of aldehydes is 1. The zero-order chi connectivity index (χ0) is 18.3. The van der Waals surface area contributed by atoms with E-state index in [1.165, 1.54) is 5.56 Å². The van der Waals surface area contributed by atoms with Gasteiger partial charge in [-0.3, -0.25) is 4.79 Å². The smallest absolute Gasteiger partial charge is 0.185 e. The van der Waals surface area contributed by atoms with E-state index in [1.54, 1.807) is 6.07 Å². The van der Waals surface area contributed by atoms with Crippen LogP contribution >= 0.6 is 0 Å². The third-order valence-electron chi connectivity index (χ3n) is 3.60. The zero-order valence-electron chi connectivity index (χ0n) is 15.6. The third kappa shape index (κ3) is 8.66. The van der Waals surface area contributed by atoms with Crippen LogP contribution in [0.1, 0.15) is 55.5 Å². The van der Waals surface area contributed by atoms with Crippen molar-refractivity contribution in [1.82, 2.24) is 0 Å². The summed E-state index contributed by atoms with van der Waals surface area (Å²) in [4.78, 5) is 10.5. The molecular formula is C21H30O4. The highest BCUT2D eigenvalue weighted by Gasteiger charge is 2.07. The molecule has 1 atom stereocenters. The van der Waals surface area contributed by atoms with Gasteiger partial charge in [0, 0.05) is 13.0 Å². The van der Waals surface area contributed by atoms with Crippen molar-refractivity contribution in [1.29, 1.82) is 0 Å². The predicted octanol–water partition coefficient (Wildman–Crippen LogP) is 5.06. The average molecular weight is 346 g/mol. The lowest BCUT2D eigenvalue weighted by Crippen LogP contribution is -2.19. The van der Waals surface area contributed by atoms with Gasteiger partial charge in [-0.15, -0.1) is 0 Å². The summed E-state index contributed by atoms with van der Waals surface area (Å²) in [6, 6.07) is 13.7. The molecule has 0 amide bonds. The van der Waals surface area contributed by atoms with Gasteiger partial charge < -0.3 is 13.9 Å². The summed E-state index contributed by atoms with van der Waals surface area (Å²) in [5, 5.41) is 0. The van der Waals surface area contributed by atoms with Crippen molar-refractivity contribution in [3.05, 3.63) is 59.5 Å². The van der Waals surface area contributed by atoms with Gasteiger partial charge in [-0.1, -0.05) is 51.1 Å². The monoisotopic (exact) mass is 346 g/mol. The lowest BCUT2D eigenvalue weighted by atomic mass is 10.2. The van der Waals surface area contributed by atoms with Gasteiger partial charge in [0.05, 0.1) is 19.3 Å². The van der Waals surface area contributed by atoms with E-state index < -0.39 is 0 Å². The molecule has 1 aromatic carbocycles. The Bertz CT molecular complexity index is 562. The Kier molecular flexibility index (Phi) is 11.3. The van der Waals surface area contributed by atoms with Gasteiger partial charge >= 0.3 is 0 Å². The lowest BCUT2D eigenvalue weighted by molar-refractivity contribution is -0.0267. The maximum Gasteiger partial charge on any atom is 0.185 e. The first-order chi connectivity index (χ1) is 12.3. The van der Waals surface area contributed by atoms with Crippen LogP contribution in [0.25, 0.3) is 0 Å². The summed E-state index contributed by atoms with van der Waals surface area (Å²) in [6.07, 6.45) is 3.39. The number of aryl methyl sites for hydroxylation is 1. The summed E-state index contributed by atoms with van der Waals surface area (Å²) >= 11 is 0. The highest BCUT2D eigenvalue weighted by Crippen LogP contribution is 2.09. The fourth-order valence-electron chi connectivity index (χ4n) is 2.23. The van der Waals surface area contributed by atoms with E-state index >= 15 is 0 Å². The molecule has 0 N–H and O–H groups in total. The number of hydrogen-bond acceptors (Lipinski definition) is 4. The Hall–Kier alpha value is -1.91. The molecule has 25 heavy (non-hydrogen) atoms. The first kappa shape index (κ1) is 21.1. The number of rotatable bonds is 11. The van der Waals surface area contributed by atoms with Crippen molar-refractivity contribution in [3.8, 4) is 0 Å². The van der Waals surface area contributed by atoms with E-state index in [2.05, 4.69) is 19.1 Å². The maximum atomic E-state index is 10.5. The van der Waals surface area contributed by atoms with Crippen LogP contribution in [-0.2, 0) is 22.5 Å². The standard InChI is InChI=1S/C19H24O4.C2H6/c1-2-17(22-14-16-7-4-3-5-8-16)15-21-12-6-9-18-10-11-19(13-20)23-18;1-2/h3-5,7-8,10-11,13,17H,2,6,9,12,14-15H2,1H3;1-2H3/t17-;/m1./s1. The van der Waals surface area contributed by atoms with Gasteiger partial charge in [-0.05, 0) is 30.5 Å². The largest absolute Gasteiger partial charge is 0.458 e. The number of benzene rings is 1. The van der Waals surface area contributed by atoms with Crippen molar-refractivity contribution in [2.45, 2.75) is 52.7 Å². The SMILES string of the molecule is CC.CC[C@H](COCCCc1ccc(C=O)o1)OCc1ccccc1. The molecule has 0 aliphatic rings. The minimum Gasteiger partial charge on any atom is -0.458 e. The molecule has 2 aromatic rings. The van der Waals surface area contributed by atoms with Crippen molar-refractivity contribution < 1.29 is 18.7 Å². The molecule has 0 bridgehead atoms. The quantitative estimate of drug-likeness (QED) is 0.421. The molecule has 0 saturated heterocycles. The van der Waals surface area contributed by atoms with Crippen LogP contribution in [0.2, 0.25) is 0 Å². The molecule has 2 rings (SSSR count). The molecule has 4 nitrogen and oxygen atoms in total. The molecule has 0 unspecified atom stereocenters. The Morgan fingerprint density at radius 2 is 1.88 bits per heavy atom. The van der Waals surface area contributed by atoms with E-state index in [0.29, 0.717) is 25.6 Å². The molecule has 1 aromatic heterocycles. The molecule has 4 heteroatoms. The molecule has 0 fully saturated rings. The lowest BCUT2D eigenvalue weighted by Gasteiger charge is -2.16. The molecule has 0 spiro atoms. The van der Waals surface area contributed by atoms with E-state index in [0.717, 1.165) is 31.3 Å². The second kappa shape index (κ2) is 13.4.